The van der Waals surface area contributed by atoms with Gasteiger partial charge in [-0.1, -0.05) is 0 Å². The van der Waals surface area contributed by atoms with Gasteiger partial charge in [-0.3, -0.25) is 0 Å². The Bertz CT molecular complexity index is 346. The molecule has 0 bridgehead atoms. The summed E-state index contributed by atoms with van der Waals surface area (Å²) in [6.45, 7) is 0. The van der Waals surface area contributed by atoms with Crippen LogP contribution in [0.3, 0.4) is 0 Å². The van der Waals surface area contributed by atoms with E-state index in [0.29, 0.717) is 0 Å². The zero-order chi connectivity index (χ0) is 9.80. The van der Waals surface area contributed by atoms with E-state index in [1.54, 1.807) is 7.16 Å². The minimum atomic E-state index is -1.53. The van der Waals surface area contributed by atoms with Gasteiger partial charge in [-0.25, -0.2) is 0 Å². The van der Waals surface area contributed by atoms with Crippen molar-refractivity contribution in [2.75, 3.05) is 0 Å². The summed E-state index contributed by atoms with van der Waals surface area (Å²) in [5.41, 5.74) is 0. The summed E-state index contributed by atoms with van der Waals surface area (Å²) in [6, 6.07) is 21.7. The van der Waals surface area contributed by atoms with E-state index < -0.39 is 15.8 Å². The molecule has 0 heterocycles. The van der Waals surface area contributed by atoms with Crippen molar-refractivity contribution in [2.24, 2.45) is 0 Å². The van der Waals surface area contributed by atoms with Gasteiger partial charge in [-0.05, 0) is 0 Å². The second-order valence-electron chi connectivity index (χ2n) is 3.05. The van der Waals surface area contributed by atoms with Crippen LogP contribution in [0, 0.1) is 0 Å². The molecule has 0 amide bonds. The van der Waals surface area contributed by atoms with Crippen LogP contribution >= 0.6 is 18.6 Å². The SMILES string of the molecule is [I][Sn+]([c]1ccccc1)[c]1ccccc1. The van der Waals surface area contributed by atoms with Crippen molar-refractivity contribution in [1.82, 2.24) is 0 Å². The van der Waals surface area contributed by atoms with Crippen LogP contribution < -0.4 is 7.16 Å². The van der Waals surface area contributed by atoms with Gasteiger partial charge in [0.1, 0.15) is 0 Å². The van der Waals surface area contributed by atoms with E-state index in [2.05, 4.69) is 79.3 Å². The molecular weight excluding hydrogens is 390 g/mol. The van der Waals surface area contributed by atoms with Gasteiger partial charge in [0.2, 0.25) is 0 Å². The van der Waals surface area contributed by atoms with Crippen molar-refractivity contribution < 1.29 is 0 Å². The average molecular weight is 400 g/mol. The van der Waals surface area contributed by atoms with Crippen LogP contribution in [0.25, 0.3) is 0 Å². The molecule has 0 N–H and O–H groups in total. The van der Waals surface area contributed by atoms with E-state index in [1.807, 2.05) is 0 Å². The maximum atomic E-state index is 2.67. The fourth-order valence-corrected chi connectivity index (χ4v) is 9.88. The molecule has 0 nitrogen and oxygen atoms in total. The molecule has 2 aromatic carbocycles. The molecule has 2 heteroatoms. The number of benzene rings is 2. The van der Waals surface area contributed by atoms with Crippen molar-refractivity contribution in [3.8, 4) is 0 Å². The predicted molar refractivity (Wildman–Crippen MR) is 71.9 cm³/mol. The molecule has 0 saturated carbocycles. The molecule has 14 heavy (non-hydrogen) atoms. The van der Waals surface area contributed by atoms with Crippen LogP contribution in [0.15, 0.2) is 60.7 Å². The number of halogens is 1. The predicted octanol–water partition coefficient (Wildman–Crippen LogP) is 2.23. The Kier molecular flexibility index (Phi) is 3.87. The van der Waals surface area contributed by atoms with Crippen molar-refractivity contribution in [2.45, 2.75) is 0 Å². The Morgan fingerprint density at radius 3 is 1.36 bits per heavy atom. The maximum absolute atomic E-state index is 2.67. The van der Waals surface area contributed by atoms with Crippen molar-refractivity contribution in [3.05, 3.63) is 60.7 Å². The second kappa shape index (κ2) is 5.16. The third kappa shape index (κ3) is 2.51. The molecule has 0 aliphatic carbocycles. The van der Waals surface area contributed by atoms with E-state index in [1.165, 1.54) is 0 Å². The summed E-state index contributed by atoms with van der Waals surface area (Å²) in [5.74, 6) is 0. The Morgan fingerprint density at radius 1 is 0.643 bits per heavy atom. The molecular formula is C12H10ISn+. The van der Waals surface area contributed by atoms with Gasteiger partial charge in [0.25, 0.3) is 0 Å². The molecule has 0 saturated heterocycles. The van der Waals surface area contributed by atoms with Crippen molar-refractivity contribution >= 4 is 41.6 Å². The van der Waals surface area contributed by atoms with Gasteiger partial charge in [0, 0.05) is 0 Å². The molecule has 0 aromatic heterocycles. The third-order valence-electron chi connectivity index (χ3n) is 2.05. The molecule has 0 aliphatic heterocycles. The molecule has 0 spiro atoms. The van der Waals surface area contributed by atoms with Crippen LogP contribution in [-0.2, 0) is 0 Å². The number of rotatable bonds is 2. The Labute approximate surface area is 101 Å². The summed E-state index contributed by atoms with van der Waals surface area (Å²) in [5, 5.41) is 0. The topological polar surface area (TPSA) is 0 Å². The van der Waals surface area contributed by atoms with Gasteiger partial charge in [-0.2, -0.15) is 0 Å². The fraction of sp³-hybridized carbons (Fsp3) is 0. The summed E-state index contributed by atoms with van der Waals surface area (Å²) in [6.07, 6.45) is 0. The first-order chi connectivity index (χ1) is 6.88. The van der Waals surface area contributed by atoms with E-state index in [-0.39, 0.29) is 0 Å². The van der Waals surface area contributed by atoms with Crippen molar-refractivity contribution in [3.63, 3.8) is 0 Å². The minimum absolute atomic E-state index is 1.53. The standard InChI is InChI=1S/2C6H5.HI.Sn/c2*1-2-4-6-5-3-1;;/h2*1-5H;1H;/q;;;+2/p-1. The first-order valence-electron chi connectivity index (χ1n) is 4.51. The molecule has 0 aliphatic rings. The molecule has 0 radical (unpaired) electrons. The van der Waals surface area contributed by atoms with Gasteiger partial charge in [0.15, 0.2) is 0 Å². The Balaban J connectivity index is 2.30. The van der Waals surface area contributed by atoms with Gasteiger partial charge < -0.3 is 0 Å². The molecule has 2 rings (SSSR count). The van der Waals surface area contributed by atoms with Crippen LogP contribution in [0.2, 0.25) is 0 Å². The van der Waals surface area contributed by atoms with Gasteiger partial charge in [0.05, 0.1) is 0 Å². The first kappa shape index (κ1) is 10.5. The Hall–Kier alpha value is -0.0313. The zero-order valence-corrected chi connectivity index (χ0v) is 12.7. The van der Waals surface area contributed by atoms with Crippen LogP contribution in [0.4, 0.5) is 0 Å². The fourth-order valence-electron chi connectivity index (χ4n) is 1.34. The van der Waals surface area contributed by atoms with E-state index >= 15 is 0 Å². The third-order valence-corrected chi connectivity index (χ3v) is 15.2. The van der Waals surface area contributed by atoms with Gasteiger partial charge in [-0.15, -0.1) is 0 Å². The second-order valence-corrected chi connectivity index (χ2v) is 15.4. The molecule has 0 atom stereocenters. The van der Waals surface area contributed by atoms with Crippen molar-refractivity contribution in [1.29, 1.82) is 0 Å². The zero-order valence-electron chi connectivity index (χ0n) is 7.65. The normalized spacial score (nSPS) is 9.79. The molecule has 68 valence electrons. The molecule has 2 aromatic rings. The Morgan fingerprint density at radius 2 is 1.00 bits per heavy atom. The first-order valence-corrected chi connectivity index (χ1v) is 15.7. The number of hydrogen-bond acceptors (Lipinski definition) is 0. The molecule has 0 unspecified atom stereocenters. The summed E-state index contributed by atoms with van der Waals surface area (Å²) in [7, 11) is 0. The summed E-state index contributed by atoms with van der Waals surface area (Å²) in [4.78, 5) is 0. The van der Waals surface area contributed by atoms with E-state index in [9.17, 15) is 0 Å². The monoisotopic (exact) mass is 401 g/mol. The average Bonchev–Trinajstić information content (AvgIpc) is 2.30. The van der Waals surface area contributed by atoms with Crippen LogP contribution in [0.1, 0.15) is 0 Å². The van der Waals surface area contributed by atoms with Crippen LogP contribution in [0.5, 0.6) is 0 Å². The van der Waals surface area contributed by atoms with Gasteiger partial charge >= 0.3 is 102 Å². The van der Waals surface area contributed by atoms with E-state index in [0.717, 1.165) is 0 Å². The summed E-state index contributed by atoms with van der Waals surface area (Å²) < 4.78 is 3.11. The quantitative estimate of drug-likeness (QED) is 0.536. The van der Waals surface area contributed by atoms with Crippen LogP contribution in [-0.4, -0.2) is 15.8 Å². The summed E-state index contributed by atoms with van der Waals surface area (Å²) >= 11 is 1.14. The number of hydrogen-bond donors (Lipinski definition) is 0. The molecule has 0 fully saturated rings. The van der Waals surface area contributed by atoms with E-state index in [4.69, 9.17) is 0 Å².